The molecule has 0 saturated carbocycles. The molecule has 3 N–H and O–H groups in total. The molecule has 0 saturated heterocycles. The van der Waals surface area contributed by atoms with E-state index in [0.29, 0.717) is 5.56 Å². The van der Waals surface area contributed by atoms with Crippen molar-refractivity contribution in [3.8, 4) is 5.75 Å². The minimum absolute atomic E-state index is 0. The summed E-state index contributed by atoms with van der Waals surface area (Å²) in [5.74, 6) is -0.0216. The molecule has 0 radical (unpaired) electrons. The summed E-state index contributed by atoms with van der Waals surface area (Å²) in [7, 11) is 1.28. The first kappa shape index (κ1) is 20.0. The molecule has 1 aromatic carbocycles. The molecule has 1 rings (SSSR count). The molecule has 0 bridgehead atoms. The molecule has 1 unspecified atom stereocenters. The zero-order valence-corrected chi connectivity index (χ0v) is 13.0. The van der Waals surface area contributed by atoms with Crippen molar-refractivity contribution < 1.29 is 23.0 Å². The van der Waals surface area contributed by atoms with Gasteiger partial charge in [0.15, 0.2) is 0 Å². The molecule has 0 spiro atoms. The van der Waals surface area contributed by atoms with Crippen molar-refractivity contribution in [1.29, 1.82) is 0 Å². The van der Waals surface area contributed by atoms with Gasteiger partial charge in [-0.2, -0.15) is 13.2 Å². The molecule has 0 amide bonds. The molecule has 7 heteroatoms. The Morgan fingerprint density at radius 1 is 1.33 bits per heavy atom. The first-order valence-corrected chi connectivity index (χ1v) is 6.41. The Morgan fingerprint density at radius 3 is 2.33 bits per heavy atom. The predicted molar refractivity (Wildman–Crippen MR) is 77.6 cm³/mol. The van der Waals surface area contributed by atoms with E-state index in [0.717, 1.165) is 18.6 Å². The van der Waals surface area contributed by atoms with Gasteiger partial charge in [0.25, 0.3) is 0 Å². The number of rotatable bonds is 5. The maximum Gasteiger partial charge on any atom is 0.416 e. The summed E-state index contributed by atoms with van der Waals surface area (Å²) in [5, 5.41) is 10.1. The summed E-state index contributed by atoms with van der Waals surface area (Å²) in [6.07, 6.45) is -4.56. The highest BCUT2D eigenvalue weighted by atomic mass is 35.5. The van der Waals surface area contributed by atoms with E-state index in [4.69, 9.17) is 10.5 Å². The van der Waals surface area contributed by atoms with Gasteiger partial charge >= 0.3 is 6.18 Å². The van der Waals surface area contributed by atoms with Crippen molar-refractivity contribution in [1.82, 2.24) is 0 Å². The van der Waals surface area contributed by atoms with E-state index in [9.17, 15) is 18.3 Å². The van der Waals surface area contributed by atoms with Gasteiger partial charge in [-0.3, -0.25) is 0 Å². The third-order valence-corrected chi connectivity index (χ3v) is 3.51. The molecule has 0 aromatic heterocycles. The van der Waals surface area contributed by atoms with Crippen LogP contribution < -0.4 is 10.5 Å². The highest BCUT2D eigenvalue weighted by Crippen LogP contribution is 2.36. The van der Waals surface area contributed by atoms with Crippen LogP contribution in [-0.2, 0) is 6.18 Å². The quantitative estimate of drug-likeness (QED) is 0.869. The largest absolute Gasteiger partial charge is 0.496 e. The highest BCUT2D eigenvalue weighted by molar-refractivity contribution is 5.85. The highest BCUT2D eigenvalue weighted by Gasteiger charge is 2.32. The Kier molecular flexibility index (Phi) is 7.50. The summed E-state index contributed by atoms with van der Waals surface area (Å²) >= 11 is 0. The van der Waals surface area contributed by atoms with Crippen LogP contribution in [0.5, 0.6) is 5.75 Å². The average molecular weight is 328 g/mol. The van der Waals surface area contributed by atoms with Gasteiger partial charge in [-0.1, -0.05) is 26.3 Å². The normalized spacial score (nSPS) is 15.8. The zero-order chi connectivity index (χ0) is 15.5. The zero-order valence-electron chi connectivity index (χ0n) is 12.1. The van der Waals surface area contributed by atoms with E-state index in [-0.39, 0.29) is 24.1 Å². The Morgan fingerprint density at radius 2 is 1.90 bits per heavy atom. The van der Waals surface area contributed by atoms with Gasteiger partial charge in [0.2, 0.25) is 0 Å². The number of hydrogen-bond acceptors (Lipinski definition) is 3. The van der Waals surface area contributed by atoms with Crippen LogP contribution in [0.3, 0.4) is 0 Å². The molecule has 0 aliphatic rings. The van der Waals surface area contributed by atoms with Gasteiger partial charge in [0.05, 0.1) is 24.8 Å². The van der Waals surface area contributed by atoms with Gasteiger partial charge in [0, 0.05) is 5.56 Å². The minimum atomic E-state index is -4.44. The number of methoxy groups -OCH3 is 1. The summed E-state index contributed by atoms with van der Waals surface area (Å²) in [5.41, 5.74) is 5.51. The Bertz CT molecular complexity index is 454. The molecule has 3 atom stereocenters. The SMILES string of the molecule is CCC(C)[C@H](O)[C@H](N)c1ccc(C(F)(F)F)cc1OC.Cl. The topological polar surface area (TPSA) is 55.5 Å². The molecule has 0 heterocycles. The van der Waals surface area contributed by atoms with Crippen LogP contribution in [0.2, 0.25) is 0 Å². The molecule has 0 aliphatic carbocycles. The van der Waals surface area contributed by atoms with Crippen molar-refractivity contribution >= 4 is 12.4 Å². The molecular weight excluding hydrogens is 307 g/mol. The molecule has 3 nitrogen and oxygen atoms in total. The third-order valence-electron chi connectivity index (χ3n) is 3.51. The first-order valence-electron chi connectivity index (χ1n) is 6.41. The van der Waals surface area contributed by atoms with Crippen molar-refractivity contribution in [2.24, 2.45) is 11.7 Å². The minimum Gasteiger partial charge on any atom is -0.496 e. The van der Waals surface area contributed by atoms with E-state index in [1.807, 2.05) is 13.8 Å². The van der Waals surface area contributed by atoms with E-state index < -0.39 is 23.9 Å². The van der Waals surface area contributed by atoms with Crippen LogP contribution in [0, 0.1) is 5.92 Å². The Hall–Kier alpha value is -0.980. The maximum atomic E-state index is 12.6. The fraction of sp³-hybridized carbons (Fsp3) is 0.571. The summed E-state index contributed by atoms with van der Waals surface area (Å²) in [6.45, 7) is 3.74. The van der Waals surface area contributed by atoms with Crippen molar-refractivity contribution in [3.63, 3.8) is 0 Å². The van der Waals surface area contributed by atoms with Crippen LogP contribution in [0.15, 0.2) is 18.2 Å². The van der Waals surface area contributed by atoms with Crippen LogP contribution >= 0.6 is 12.4 Å². The lowest BCUT2D eigenvalue weighted by atomic mass is 9.90. The second-order valence-corrected chi connectivity index (χ2v) is 4.86. The summed E-state index contributed by atoms with van der Waals surface area (Å²) < 4.78 is 42.9. The van der Waals surface area contributed by atoms with E-state index in [2.05, 4.69) is 0 Å². The molecule has 122 valence electrons. The molecule has 1 aromatic rings. The lowest BCUT2D eigenvalue weighted by Gasteiger charge is -2.26. The number of halogens is 4. The van der Waals surface area contributed by atoms with Gasteiger partial charge in [0.1, 0.15) is 5.75 Å². The fourth-order valence-corrected chi connectivity index (χ4v) is 1.94. The first-order chi connectivity index (χ1) is 9.22. The third kappa shape index (κ3) is 4.76. The fourth-order valence-electron chi connectivity index (χ4n) is 1.94. The number of benzene rings is 1. The summed E-state index contributed by atoms with van der Waals surface area (Å²) in [6, 6.07) is 2.32. The summed E-state index contributed by atoms with van der Waals surface area (Å²) in [4.78, 5) is 0. The lowest BCUT2D eigenvalue weighted by Crippen LogP contribution is -2.32. The standard InChI is InChI=1S/C14H20F3NO2.ClH/c1-4-8(2)13(19)12(18)10-6-5-9(14(15,16)17)7-11(10)20-3;/h5-8,12-13,19H,4,18H2,1-3H3;1H/t8?,12-,13+;/m1./s1. The van der Waals surface area contributed by atoms with Crippen molar-refractivity contribution in [3.05, 3.63) is 29.3 Å². The molecule has 0 aliphatic heterocycles. The number of hydrogen-bond donors (Lipinski definition) is 2. The number of aliphatic hydroxyl groups is 1. The number of nitrogens with two attached hydrogens (primary N) is 1. The molecule has 21 heavy (non-hydrogen) atoms. The smallest absolute Gasteiger partial charge is 0.416 e. The van der Waals surface area contributed by atoms with Gasteiger partial charge in [-0.25, -0.2) is 0 Å². The van der Waals surface area contributed by atoms with Crippen LogP contribution in [0.4, 0.5) is 13.2 Å². The maximum absolute atomic E-state index is 12.6. The van der Waals surface area contributed by atoms with Gasteiger partial charge in [-0.05, 0) is 18.1 Å². The lowest BCUT2D eigenvalue weighted by molar-refractivity contribution is -0.137. The predicted octanol–water partition coefficient (Wildman–Crippen LogP) is 3.54. The van der Waals surface area contributed by atoms with E-state index in [1.54, 1.807) is 0 Å². The van der Waals surface area contributed by atoms with Crippen LogP contribution in [0.1, 0.15) is 37.4 Å². The second-order valence-electron chi connectivity index (χ2n) is 4.86. The van der Waals surface area contributed by atoms with Gasteiger partial charge in [-0.15, -0.1) is 12.4 Å². The van der Waals surface area contributed by atoms with E-state index in [1.165, 1.54) is 13.2 Å². The monoisotopic (exact) mass is 327 g/mol. The van der Waals surface area contributed by atoms with Crippen molar-refractivity contribution in [2.45, 2.75) is 38.6 Å². The average Bonchev–Trinajstić information content (AvgIpc) is 2.43. The van der Waals surface area contributed by atoms with E-state index >= 15 is 0 Å². The molecular formula is C14H21ClF3NO2. The molecule has 0 fully saturated rings. The second kappa shape index (κ2) is 7.87. The Labute approximate surface area is 128 Å². The Balaban J connectivity index is 0.00000400. The van der Waals surface area contributed by atoms with Crippen LogP contribution in [-0.4, -0.2) is 18.3 Å². The van der Waals surface area contributed by atoms with Gasteiger partial charge < -0.3 is 15.6 Å². The van der Waals surface area contributed by atoms with Crippen LogP contribution in [0.25, 0.3) is 0 Å². The number of aliphatic hydroxyl groups excluding tert-OH is 1. The number of alkyl halides is 3. The van der Waals surface area contributed by atoms with Crippen molar-refractivity contribution in [2.75, 3.05) is 7.11 Å². The number of ether oxygens (including phenoxy) is 1.